The van der Waals surface area contributed by atoms with Crippen LogP contribution in [0.15, 0.2) is 24.3 Å². The minimum absolute atomic E-state index is 0.167. The quantitative estimate of drug-likeness (QED) is 0.707. The van der Waals surface area contributed by atoms with E-state index in [0.717, 1.165) is 17.7 Å². The van der Waals surface area contributed by atoms with Gasteiger partial charge in [0.05, 0.1) is 7.11 Å². The first-order valence-electron chi connectivity index (χ1n) is 6.48. The maximum Gasteiger partial charge on any atom is 0.315 e. The summed E-state index contributed by atoms with van der Waals surface area (Å²) in [4.78, 5) is 11.5. The topological polar surface area (TPSA) is 59.6 Å². The highest BCUT2D eigenvalue weighted by molar-refractivity contribution is 5.73. The van der Waals surface area contributed by atoms with Gasteiger partial charge in [0.2, 0.25) is 0 Å². The van der Waals surface area contributed by atoms with E-state index in [-0.39, 0.29) is 6.03 Å². The van der Waals surface area contributed by atoms with E-state index >= 15 is 0 Å². The Hall–Kier alpha value is -1.75. The zero-order valence-corrected chi connectivity index (χ0v) is 11.6. The first-order chi connectivity index (χ1) is 9.26. The number of urea groups is 1. The van der Waals surface area contributed by atoms with Gasteiger partial charge in [-0.2, -0.15) is 0 Å². The number of nitrogens with one attached hydrogen (secondary N) is 2. The molecule has 0 spiro atoms. The molecular weight excluding hydrogens is 244 g/mol. The van der Waals surface area contributed by atoms with Crippen molar-refractivity contribution in [3.8, 4) is 5.75 Å². The van der Waals surface area contributed by atoms with E-state index in [9.17, 15) is 4.79 Å². The third-order valence-corrected chi connectivity index (χ3v) is 2.54. The van der Waals surface area contributed by atoms with Crippen molar-refractivity contribution in [2.45, 2.75) is 19.9 Å². The summed E-state index contributed by atoms with van der Waals surface area (Å²) in [6.07, 6.45) is 0.820. The molecule has 0 saturated carbocycles. The number of ether oxygens (including phenoxy) is 2. The van der Waals surface area contributed by atoms with E-state index in [0.29, 0.717) is 26.3 Å². The SMILES string of the molecule is CCOCCCNC(=O)NCc1cccc(OC)c1. The van der Waals surface area contributed by atoms with Gasteiger partial charge in [-0.3, -0.25) is 0 Å². The van der Waals surface area contributed by atoms with Crippen LogP contribution in [0, 0.1) is 0 Å². The molecule has 1 aromatic carbocycles. The van der Waals surface area contributed by atoms with Crippen LogP contribution in [0.25, 0.3) is 0 Å². The summed E-state index contributed by atoms with van der Waals surface area (Å²) in [7, 11) is 1.62. The van der Waals surface area contributed by atoms with Crippen LogP contribution in [-0.2, 0) is 11.3 Å². The fourth-order valence-corrected chi connectivity index (χ4v) is 1.55. The third kappa shape index (κ3) is 6.67. The molecule has 5 heteroatoms. The van der Waals surface area contributed by atoms with E-state index in [1.807, 2.05) is 31.2 Å². The van der Waals surface area contributed by atoms with Gasteiger partial charge in [-0.25, -0.2) is 4.79 Å². The summed E-state index contributed by atoms with van der Waals surface area (Å²) >= 11 is 0. The van der Waals surface area contributed by atoms with Crippen molar-refractivity contribution in [2.24, 2.45) is 0 Å². The fraction of sp³-hybridized carbons (Fsp3) is 0.500. The van der Waals surface area contributed by atoms with Gasteiger partial charge in [-0.1, -0.05) is 12.1 Å². The molecule has 0 fully saturated rings. The molecule has 1 aromatic rings. The van der Waals surface area contributed by atoms with Gasteiger partial charge in [-0.05, 0) is 31.0 Å². The van der Waals surface area contributed by atoms with E-state index in [1.54, 1.807) is 7.11 Å². The predicted molar refractivity (Wildman–Crippen MR) is 74.3 cm³/mol. The van der Waals surface area contributed by atoms with Crippen LogP contribution in [0.3, 0.4) is 0 Å². The first kappa shape index (κ1) is 15.3. The number of methoxy groups -OCH3 is 1. The van der Waals surface area contributed by atoms with Gasteiger partial charge >= 0.3 is 6.03 Å². The molecular formula is C14H22N2O3. The Morgan fingerprint density at radius 3 is 2.89 bits per heavy atom. The van der Waals surface area contributed by atoms with Crippen molar-refractivity contribution in [3.63, 3.8) is 0 Å². The van der Waals surface area contributed by atoms with Gasteiger partial charge in [-0.15, -0.1) is 0 Å². The molecule has 0 unspecified atom stereocenters. The summed E-state index contributed by atoms with van der Waals surface area (Å²) in [5.74, 6) is 0.788. The molecule has 0 saturated heterocycles. The van der Waals surface area contributed by atoms with Crippen molar-refractivity contribution in [2.75, 3.05) is 26.9 Å². The van der Waals surface area contributed by atoms with Gasteiger partial charge in [0.15, 0.2) is 0 Å². The number of rotatable bonds is 8. The smallest absolute Gasteiger partial charge is 0.315 e. The van der Waals surface area contributed by atoms with E-state index in [4.69, 9.17) is 9.47 Å². The van der Waals surface area contributed by atoms with Gasteiger partial charge in [0.25, 0.3) is 0 Å². The van der Waals surface area contributed by atoms with Gasteiger partial charge in [0, 0.05) is 26.3 Å². The molecule has 0 radical (unpaired) electrons. The van der Waals surface area contributed by atoms with Crippen LogP contribution in [0.5, 0.6) is 5.75 Å². The number of carbonyl (C=O) groups is 1. The molecule has 5 nitrogen and oxygen atoms in total. The molecule has 0 aliphatic rings. The Bertz CT molecular complexity index is 383. The molecule has 0 aliphatic heterocycles. The monoisotopic (exact) mass is 266 g/mol. The summed E-state index contributed by atoms with van der Waals surface area (Å²) in [6.45, 7) is 4.43. The predicted octanol–water partition coefficient (Wildman–Crippen LogP) is 1.92. The highest BCUT2D eigenvalue weighted by Gasteiger charge is 2.00. The highest BCUT2D eigenvalue weighted by atomic mass is 16.5. The second-order valence-corrected chi connectivity index (χ2v) is 4.01. The number of amides is 2. The summed E-state index contributed by atoms with van der Waals surface area (Å²) in [6, 6.07) is 7.44. The Morgan fingerprint density at radius 1 is 1.32 bits per heavy atom. The molecule has 0 aromatic heterocycles. The van der Waals surface area contributed by atoms with E-state index in [2.05, 4.69) is 10.6 Å². The second-order valence-electron chi connectivity index (χ2n) is 4.01. The number of hydrogen-bond donors (Lipinski definition) is 2. The summed E-state index contributed by atoms with van der Waals surface area (Å²) in [5, 5.41) is 5.57. The second kappa shape index (κ2) is 9.22. The van der Waals surface area contributed by atoms with E-state index < -0.39 is 0 Å². The Labute approximate surface area is 114 Å². The largest absolute Gasteiger partial charge is 0.497 e. The van der Waals surface area contributed by atoms with Crippen molar-refractivity contribution in [3.05, 3.63) is 29.8 Å². The lowest BCUT2D eigenvalue weighted by atomic mass is 10.2. The highest BCUT2D eigenvalue weighted by Crippen LogP contribution is 2.11. The Kier molecular flexibility index (Phi) is 7.43. The third-order valence-electron chi connectivity index (χ3n) is 2.54. The standard InChI is InChI=1S/C14H22N2O3/c1-3-19-9-5-8-15-14(17)16-11-12-6-4-7-13(10-12)18-2/h4,6-7,10H,3,5,8-9,11H2,1-2H3,(H2,15,16,17). The molecule has 0 aliphatic carbocycles. The summed E-state index contributed by atoms with van der Waals surface area (Å²) in [5.41, 5.74) is 1.00. The van der Waals surface area contributed by atoms with Crippen molar-refractivity contribution in [1.29, 1.82) is 0 Å². The van der Waals surface area contributed by atoms with Gasteiger partial charge < -0.3 is 20.1 Å². The van der Waals surface area contributed by atoms with Crippen LogP contribution in [0.4, 0.5) is 4.79 Å². The average molecular weight is 266 g/mol. The molecule has 19 heavy (non-hydrogen) atoms. The lowest BCUT2D eigenvalue weighted by Gasteiger charge is -2.08. The van der Waals surface area contributed by atoms with Gasteiger partial charge in [0.1, 0.15) is 5.75 Å². The molecule has 2 N–H and O–H groups in total. The molecule has 0 atom stereocenters. The molecule has 2 amide bonds. The van der Waals surface area contributed by atoms with E-state index in [1.165, 1.54) is 0 Å². The number of hydrogen-bond acceptors (Lipinski definition) is 3. The lowest BCUT2D eigenvalue weighted by molar-refractivity contribution is 0.145. The Balaban J connectivity index is 2.18. The van der Waals surface area contributed by atoms with Crippen molar-refractivity contribution in [1.82, 2.24) is 10.6 Å². The number of carbonyl (C=O) groups excluding carboxylic acids is 1. The zero-order valence-electron chi connectivity index (χ0n) is 11.6. The fourth-order valence-electron chi connectivity index (χ4n) is 1.55. The average Bonchev–Trinajstić information content (AvgIpc) is 2.45. The van der Waals surface area contributed by atoms with Crippen LogP contribution in [-0.4, -0.2) is 32.9 Å². The van der Waals surface area contributed by atoms with Crippen molar-refractivity contribution < 1.29 is 14.3 Å². The minimum atomic E-state index is -0.167. The number of benzene rings is 1. The molecule has 106 valence electrons. The molecule has 1 rings (SSSR count). The minimum Gasteiger partial charge on any atom is -0.497 e. The normalized spacial score (nSPS) is 10.0. The zero-order chi connectivity index (χ0) is 13.9. The van der Waals surface area contributed by atoms with Crippen LogP contribution >= 0.6 is 0 Å². The lowest BCUT2D eigenvalue weighted by Crippen LogP contribution is -2.35. The first-order valence-corrected chi connectivity index (χ1v) is 6.48. The van der Waals surface area contributed by atoms with Crippen LogP contribution in [0.2, 0.25) is 0 Å². The van der Waals surface area contributed by atoms with Crippen LogP contribution in [0.1, 0.15) is 18.9 Å². The van der Waals surface area contributed by atoms with Crippen molar-refractivity contribution >= 4 is 6.03 Å². The molecule has 0 bridgehead atoms. The summed E-state index contributed by atoms with van der Waals surface area (Å²) < 4.78 is 10.3. The van der Waals surface area contributed by atoms with Crippen LogP contribution < -0.4 is 15.4 Å². The maximum absolute atomic E-state index is 11.5. The Morgan fingerprint density at radius 2 is 2.16 bits per heavy atom. The molecule has 0 heterocycles. The maximum atomic E-state index is 11.5.